The first kappa shape index (κ1) is 20.5. The zero-order valence-electron chi connectivity index (χ0n) is 15.1. The fraction of sp³-hybridized carbons (Fsp3) is 0.647. The minimum Gasteiger partial charge on any atom is -0.301 e. The first-order valence-corrected chi connectivity index (χ1v) is 10.5. The fourth-order valence-electron chi connectivity index (χ4n) is 3.56. The number of benzene rings is 1. The summed E-state index contributed by atoms with van der Waals surface area (Å²) < 4.78 is 64.6. The van der Waals surface area contributed by atoms with Crippen LogP contribution in [0.15, 0.2) is 29.2 Å². The van der Waals surface area contributed by atoms with Crippen LogP contribution in [0.5, 0.6) is 0 Å². The zero-order valence-corrected chi connectivity index (χ0v) is 15.9. The molecule has 0 amide bonds. The predicted octanol–water partition coefficient (Wildman–Crippen LogP) is 6.21. The Hall–Kier alpha value is -0.860. The summed E-state index contributed by atoms with van der Waals surface area (Å²) in [5, 5.41) is 0. The van der Waals surface area contributed by atoms with E-state index in [4.69, 9.17) is 0 Å². The summed E-state index contributed by atoms with van der Waals surface area (Å²) in [5.74, 6) is 0. The van der Waals surface area contributed by atoms with Gasteiger partial charge in [-0.15, -0.1) is 0 Å². The van der Waals surface area contributed by atoms with Crippen LogP contribution in [0.4, 0.5) is 19.4 Å². The van der Waals surface area contributed by atoms with E-state index < -0.39 is 15.1 Å². The van der Waals surface area contributed by atoms with Crippen molar-refractivity contribution in [1.82, 2.24) is 9.80 Å². The Morgan fingerprint density at radius 2 is 1.60 bits per heavy atom. The molecule has 1 saturated heterocycles. The molecular formula is C17H27F5N2S. The molecule has 0 radical (unpaired) electrons. The van der Waals surface area contributed by atoms with E-state index in [1.54, 1.807) is 0 Å². The Morgan fingerprint density at radius 3 is 2.04 bits per heavy atom. The molecule has 146 valence electrons. The van der Waals surface area contributed by atoms with Crippen molar-refractivity contribution in [3.63, 3.8) is 0 Å². The monoisotopic (exact) mass is 386 g/mol. The summed E-state index contributed by atoms with van der Waals surface area (Å²) in [6.45, 7) is 7.86. The topological polar surface area (TPSA) is 6.48 Å². The highest BCUT2D eigenvalue weighted by atomic mass is 32.5. The van der Waals surface area contributed by atoms with Gasteiger partial charge in [0.25, 0.3) is 0 Å². The van der Waals surface area contributed by atoms with Crippen LogP contribution >= 0.6 is 10.2 Å². The molecule has 0 saturated carbocycles. The second-order valence-corrected chi connectivity index (χ2v) is 9.42. The summed E-state index contributed by atoms with van der Waals surface area (Å²) in [4.78, 5) is 2.76. The Bertz CT molecular complexity index is 602. The van der Waals surface area contributed by atoms with Gasteiger partial charge in [0.2, 0.25) is 0 Å². The predicted molar refractivity (Wildman–Crippen MR) is 93.7 cm³/mol. The molecule has 1 aromatic carbocycles. The number of rotatable bonds is 5. The van der Waals surface area contributed by atoms with Crippen LogP contribution in [-0.4, -0.2) is 42.0 Å². The van der Waals surface area contributed by atoms with E-state index in [1.165, 1.54) is 12.1 Å². The van der Waals surface area contributed by atoms with Gasteiger partial charge in [0.05, 0.1) is 0 Å². The third-order valence-corrected chi connectivity index (χ3v) is 6.33. The van der Waals surface area contributed by atoms with Gasteiger partial charge in [-0.05, 0) is 44.5 Å². The van der Waals surface area contributed by atoms with Crippen molar-refractivity contribution in [3.05, 3.63) is 29.8 Å². The van der Waals surface area contributed by atoms with Crippen LogP contribution in [0.2, 0.25) is 0 Å². The molecule has 1 aliphatic rings. The van der Waals surface area contributed by atoms with Gasteiger partial charge in [0, 0.05) is 31.2 Å². The quantitative estimate of drug-likeness (QED) is 0.555. The lowest BCUT2D eigenvalue weighted by Gasteiger charge is -2.47. The lowest BCUT2D eigenvalue weighted by Crippen LogP contribution is -2.56. The van der Waals surface area contributed by atoms with Gasteiger partial charge in [0.15, 0.2) is 0 Å². The molecule has 2 rings (SSSR count). The lowest BCUT2D eigenvalue weighted by molar-refractivity contribution is 0.0165. The summed E-state index contributed by atoms with van der Waals surface area (Å²) in [7, 11) is -7.55. The van der Waals surface area contributed by atoms with E-state index in [0.717, 1.165) is 19.5 Å². The highest BCUT2D eigenvalue weighted by Crippen LogP contribution is 3.02. The van der Waals surface area contributed by atoms with Gasteiger partial charge in [-0.3, -0.25) is 4.90 Å². The van der Waals surface area contributed by atoms with E-state index in [2.05, 4.69) is 30.7 Å². The van der Waals surface area contributed by atoms with Crippen LogP contribution in [0.25, 0.3) is 0 Å². The van der Waals surface area contributed by atoms with Gasteiger partial charge in [0.1, 0.15) is 4.90 Å². The van der Waals surface area contributed by atoms with Crippen LogP contribution in [0, 0.1) is 0 Å². The number of likely N-dealkylation sites (N-methyl/N-ethyl adjacent to an activating group) is 1. The summed E-state index contributed by atoms with van der Waals surface area (Å²) >= 11 is 0. The molecule has 0 bridgehead atoms. The maximum atomic E-state index is 12.9. The molecule has 1 aromatic rings. The lowest BCUT2D eigenvalue weighted by atomic mass is 9.96. The van der Waals surface area contributed by atoms with E-state index in [0.29, 0.717) is 36.2 Å². The second kappa shape index (κ2) is 6.09. The van der Waals surface area contributed by atoms with Crippen molar-refractivity contribution in [2.45, 2.75) is 56.6 Å². The number of piperazine rings is 1. The molecule has 1 fully saturated rings. The van der Waals surface area contributed by atoms with Crippen LogP contribution in [0.1, 0.15) is 45.2 Å². The van der Waals surface area contributed by atoms with E-state index in [-0.39, 0.29) is 6.04 Å². The Morgan fingerprint density at radius 1 is 1.04 bits per heavy atom. The standard InChI is InChI=1S/C17H27F5N2S/c1-5-15-12-23(4)13(3)11-24(15)17(6-2)14-7-9-16(10-8-14)25(18,19,20,21)22/h7-10,13,15,17H,5-6,11-12H2,1-4H3/t13-,15+,17-/m0/s1. The van der Waals surface area contributed by atoms with Crippen molar-refractivity contribution in [2.24, 2.45) is 0 Å². The van der Waals surface area contributed by atoms with Gasteiger partial charge in [-0.2, -0.15) is 0 Å². The van der Waals surface area contributed by atoms with Crippen LogP contribution < -0.4 is 0 Å². The number of halogens is 5. The van der Waals surface area contributed by atoms with E-state index >= 15 is 0 Å². The highest BCUT2D eigenvalue weighted by Gasteiger charge is 2.65. The summed E-state index contributed by atoms with van der Waals surface area (Å²) in [5.41, 5.74) is 0.656. The molecule has 0 aliphatic carbocycles. The van der Waals surface area contributed by atoms with E-state index in [9.17, 15) is 19.4 Å². The fourth-order valence-corrected chi connectivity index (χ4v) is 4.22. The molecule has 0 unspecified atom stereocenters. The molecule has 1 aliphatic heterocycles. The Balaban J connectivity index is 2.32. The minimum atomic E-state index is -9.61. The summed E-state index contributed by atoms with van der Waals surface area (Å²) in [6, 6.07) is 4.02. The molecular weight excluding hydrogens is 359 g/mol. The molecule has 0 aromatic heterocycles. The van der Waals surface area contributed by atoms with Crippen molar-refractivity contribution in [1.29, 1.82) is 0 Å². The maximum Gasteiger partial charge on any atom is 0.310 e. The molecule has 2 nitrogen and oxygen atoms in total. The van der Waals surface area contributed by atoms with Gasteiger partial charge >= 0.3 is 10.2 Å². The third-order valence-electron chi connectivity index (χ3n) is 5.16. The normalized spacial score (nSPS) is 27.6. The second-order valence-electron chi connectivity index (χ2n) is 7.01. The maximum absolute atomic E-state index is 12.9. The molecule has 0 N–H and O–H groups in total. The first-order valence-electron chi connectivity index (χ1n) is 8.56. The Labute approximate surface area is 146 Å². The minimum absolute atomic E-state index is 0.0753. The van der Waals surface area contributed by atoms with Crippen molar-refractivity contribution >= 4 is 10.2 Å². The largest absolute Gasteiger partial charge is 0.310 e. The van der Waals surface area contributed by atoms with Crippen LogP contribution in [-0.2, 0) is 0 Å². The molecule has 1 heterocycles. The molecule has 25 heavy (non-hydrogen) atoms. The van der Waals surface area contributed by atoms with E-state index in [1.807, 2.05) is 6.92 Å². The van der Waals surface area contributed by atoms with Crippen molar-refractivity contribution < 1.29 is 19.4 Å². The Kier molecular flexibility index (Phi) is 4.99. The molecule has 0 spiro atoms. The number of hydrogen-bond acceptors (Lipinski definition) is 2. The third kappa shape index (κ3) is 4.65. The smallest absolute Gasteiger partial charge is 0.301 e. The molecule has 8 heteroatoms. The summed E-state index contributed by atoms with van der Waals surface area (Å²) in [6.07, 6.45) is 1.64. The van der Waals surface area contributed by atoms with Gasteiger partial charge < -0.3 is 4.90 Å². The highest BCUT2D eigenvalue weighted by molar-refractivity contribution is 8.45. The average molecular weight is 386 g/mol. The number of nitrogens with zero attached hydrogens (tertiary/aromatic N) is 2. The molecule has 3 atom stereocenters. The van der Waals surface area contributed by atoms with Crippen molar-refractivity contribution in [2.75, 3.05) is 20.1 Å². The average Bonchev–Trinajstić information content (AvgIpc) is 2.49. The zero-order chi connectivity index (χ0) is 19.1. The number of hydrogen-bond donors (Lipinski definition) is 0. The van der Waals surface area contributed by atoms with Crippen LogP contribution in [0.3, 0.4) is 0 Å². The SMILES string of the molecule is CC[C@@H]1CN(C)[C@@H](C)CN1[C@@H](CC)c1ccc(S(F)(F)(F)(F)F)cc1. The van der Waals surface area contributed by atoms with Gasteiger partial charge in [-0.25, -0.2) is 0 Å². The van der Waals surface area contributed by atoms with Crippen molar-refractivity contribution in [3.8, 4) is 0 Å². The van der Waals surface area contributed by atoms with Gasteiger partial charge in [-0.1, -0.05) is 45.4 Å². The first-order chi connectivity index (χ1) is 11.3.